The van der Waals surface area contributed by atoms with E-state index in [2.05, 4.69) is 18.6 Å². The number of sulfonamides is 1. The van der Waals surface area contributed by atoms with Crippen LogP contribution in [0, 0.1) is 26.7 Å². The van der Waals surface area contributed by atoms with Crippen LogP contribution in [0.15, 0.2) is 35.2 Å². The highest BCUT2D eigenvalue weighted by Crippen LogP contribution is 2.32. The van der Waals surface area contributed by atoms with Gasteiger partial charge in [0.25, 0.3) is 10.0 Å². The average molecular weight is 415 g/mol. The molecule has 2 aromatic rings. The molecule has 1 aliphatic heterocycles. The first kappa shape index (κ1) is 21.4. The smallest absolute Gasteiger partial charge is 0.262 e. The quantitative estimate of drug-likeness (QED) is 0.742. The summed E-state index contributed by atoms with van der Waals surface area (Å²) in [6.45, 7) is 10.7. The molecule has 1 aliphatic rings. The van der Waals surface area contributed by atoms with Crippen molar-refractivity contribution in [2.45, 2.75) is 58.8 Å². The second-order valence-corrected chi connectivity index (χ2v) is 10.0. The zero-order chi connectivity index (χ0) is 21.3. The molecule has 0 fully saturated rings. The molecule has 0 bridgehead atoms. The van der Waals surface area contributed by atoms with Crippen LogP contribution in [0.5, 0.6) is 0 Å². The minimum atomic E-state index is -3.69. The first-order valence-corrected chi connectivity index (χ1v) is 11.6. The third kappa shape index (κ3) is 4.64. The van der Waals surface area contributed by atoms with E-state index in [1.807, 2.05) is 43.9 Å². The summed E-state index contributed by atoms with van der Waals surface area (Å²) < 4.78 is 28.7. The molecule has 0 unspecified atom stereocenters. The van der Waals surface area contributed by atoms with Crippen molar-refractivity contribution < 1.29 is 13.2 Å². The SMILES string of the molecule is Cc1cc(C)c(S(=O)(=O)Nc2ccc3c(c2)CCC(=O)N3CCC(C)C)cc1C. The predicted molar refractivity (Wildman–Crippen MR) is 118 cm³/mol. The first-order chi connectivity index (χ1) is 13.6. The summed E-state index contributed by atoms with van der Waals surface area (Å²) in [5, 5.41) is 0. The van der Waals surface area contributed by atoms with Crippen molar-refractivity contribution in [3.8, 4) is 0 Å². The van der Waals surface area contributed by atoms with Crippen LogP contribution >= 0.6 is 0 Å². The Morgan fingerprint density at radius 1 is 1.00 bits per heavy atom. The minimum Gasteiger partial charge on any atom is -0.312 e. The summed E-state index contributed by atoms with van der Waals surface area (Å²) in [5.41, 5.74) is 5.17. The van der Waals surface area contributed by atoms with Crippen LogP contribution in [0.2, 0.25) is 0 Å². The number of aryl methyl sites for hydroxylation is 4. The first-order valence-electron chi connectivity index (χ1n) is 10.1. The molecule has 0 atom stereocenters. The zero-order valence-corrected chi connectivity index (χ0v) is 18.7. The Labute approximate surface area is 174 Å². The summed E-state index contributed by atoms with van der Waals surface area (Å²) in [6.07, 6.45) is 2.02. The van der Waals surface area contributed by atoms with Crippen molar-refractivity contribution in [1.82, 2.24) is 0 Å². The average Bonchev–Trinajstić information content (AvgIpc) is 2.63. The van der Waals surface area contributed by atoms with Crippen LogP contribution in [0.25, 0.3) is 0 Å². The van der Waals surface area contributed by atoms with Gasteiger partial charge in [-0.15, -0.1) is 0 Å². The van der Waals surface area contributed by atoms with Crippen molar-refractivity contribution in [1.29, 1.82) is 0 Å². The summed E-state index contributed by atoms with van der Waals surface area (Å²) in [4.78, 5) is 14.5. The predicted octanol–water partition coefficient (Wildman–Crippen LogP) is 4.74. The fraction of sp³-hybridized carbons (Fsp3) is 0.435. The molecule has 1 amide bonds. The third-order valence-corrected chi connectivity index (χ3v) is 7.07. The number of fused-ring (bicyclic) bond motifs is 1. The number of amides is 1. The molecule has 2 aromatic carbocycles. The van der Waals surface area contributed by atoms with Gasteiger partial charge in [-0.1, -0.05) is 19.9 Å². The number of benzene rings is 2. The molecule has 29 heavy (non-hydrogen) atoms. The van der Waals surface area contributed by atoms with Crippen molar-refractivity contribution in [2.75, 3.05) is 16.2 Å². The van der Waals surface area contributed by atoms with Gasteiger partial charge in [-0.25, -0.2) is 8.42 Å². The molecular formula is C23H30N2O3S. The van der Waals surface area contributed by atoms with Gasteiger partial charge >= 0.3 is 0 Å². The van der Waals surface area contributed by atoms with E-state index < -0.39 is 10.0 Å². The number of rotatable bonds is 6. The lowest BCUT2D eigenvalue weighted by Crippen LogP contribution is -2.36. The number of hydrogen-bond donors (Lipinski definition) is 1. The van der Waals surface area contributed by atoms with Crippen molar-refractivity contribution in [2.24, 2.45) is 5.92 Å². The molecular weight excluding hydrogens is 384 g/mol. The molecule has 156 valence electrons. The Hall–Kier alpha value is -2.34. The Balaban J connectivity index is 1.88. The Bertz CT molecular complexity index is 1040. The maximum atomic E-state index is 13.0. The van der Waals surface area contributed by atoms with Crippen LogP contribution in [-0.2, 0) is 21.2 Å². The number of carbonyl (C=O) groups excluding carboxylic acids is 1. The number of carbonyl (C=O) groups is 1. The van der Waals surface area contributed by atoms with Crippen LogP contribution in [0.4, 0.5) is 11.4 Å². The van der Waals surface area contributed by atoms with Gasteiger partial charge < -0.3 is 4.90 Å². The lowest BCUT2D eigenvalue weighted by atomic mass is 9.99. The van der Waals surface area contributed by atoms with Crippen LogP contribution < -0.4 is 9.62 Å². The van der Waals surface area contributed by atoms with Gasteiger partial charge in [0.15, 0.2) is 0 Å². The van der Waals surface area contributed by atoms with Gasteiger partial charge in [0, 0.05) is 24.3 Å². The molecule has 0 radical (unpaired) electrons. The highest BCUT2D eigenvalue weighted by molar-refractivity contribution is 7.92. The number of hydrogen-bond acceptors (Lipinski definition) is 3. The maximum absolute atomic E-state index is 13.0. The number of nitrogens with one attached hydrogen (secondary N) is 1. The standard InChI is InChI=1S/C23H30N2O3S/c1-15(2)10-11-25-21-8-7-20(14-19(21)6-9-23(25)26)24-29(27,28)22-13-17(4)16(3)12-18(22)5/h7-8,12-15,24H,6,9-11H2,1-5H3. The van der Waals surface area contributed by atoms with E-state index in [4.69, 9.17) is 0 Å². The van der Waals surface area contributed by atoms with E-state index in [1.54, 1.807) is 12.1 Å². The molecule has 1 N–H and O–H groups in total. The molecule has 3 rings (SSSR count). The monoisotopic (exact) mass is 414 g/mol. The van der Waals surface area contributed by atoms with Gasteiger partial charge in [0.1, 0.15) is 0 Å². The summed E-state index contributed by atoms with van der Waals surface area (Å²) in [5.74, 6) is 0.651. The molecule has 5 nitrogen and oxygen atoms in total. The molecule has 0 aromatic heterocycles. The Morgan fingerprint density at radius 2 is 1.69 bits per heavy atom. The van der Waals surface area contributed by atoms with Gasteiger partial charge in [-0.3, -0.25) is 9.52 Å². The Kier molecular flexibility index (Phi) is 6.03. The normalized spacial score (nSPS) is 14.3. The molecule has 0 saturated carbocycles. The van der Waals surface area contributed by atoms with E-state index >= 15 is 0 Å². The second-order valence-electron chi connectivity index (χ2n) is 8.38. The Morgan fingerprint density at radius 3 is 2.38 bits per heavy atom. The molecule has 0 aliphatic carbocycles. The van der Waals surface area contributed by atoms with Gasteiger partial charge in [0.2, 0.25) is 5.91 Å². The second kappa shape index (κ2) is 8.19. The van der Waals surface area contributed by atoms with E-state index in [0.717, 1.165) is 34.4 Å². The number of nitrogens with zero attached hydrogens (tertiary/aromatic N) is 1. The van der Waals surface area contributed by atoms with E-state index in [1.165, 1.54) is 0 Å². The topological polar surface area (TPSA) is 66.5 Å². The van der Waals surface area contributed by atoms with E-state index in [0.29, 0.717) is 35.9 Å². The summed E-state index contributed by atoms with van der Waals surface area (Å²) >= 11 is 0. The van der Waals surface area contributed by atoms with Crippen LogP contribution in [0.3, 0.4) is 0 Å². The van der Waals surface area contributed by atoms with Gasteiger partial charge in [-0.05, 0) is 86.1 Å². The summed E-state index contributed by atoms with van der Waals surface area (Å²) in [7, 11) is -3.69. The largest absolute Gasteiger partial charge is 0.312 e. The molecule has 6 heteroatoms. The highest BCUT2D eigenvalue weighted by atomic mass is 32.2. The van der Waals surface area contributed by atoms with Crippen molar-refractivity contribution in [3.05, 3.63) is 52.6 Å². The van der Waals surface area contributed by atoms with Gasteiger partial charge in [0.05, 0.1) is 4.90 Å². The summed E-state index contributed by atoms with van der Waals surface area (Å²) in [6, 6.07) is 9.08. The highest BCUT2D eigenvalue weighted by Gasteiger charge is 2.25. The zero-order valence-electron chi connectivity index (χ0n) is 17.9. The van der Waals surface area contributed by atoms with Gasteiger partial charge in [-0.2, -0.15) is 0 Å². The molecule has 0 spiro atoms. The fourth-order valence-electron chi connectivity index (χ4n) is 3.69. The third-order valence-electron chi connectivity index (χ3n) is 5.54. The van der Waals surface area contributed by atoms with E-state index in [-0.39, 0.29) is 5.91 Å². The molecule has 0 saturated heterocycles. The van der Waals surface area contributed by atoms with E-state index in [9.17, 15) is 13.2 Å². The number of anilines is 2. The van der Waals surface area contributed by atoms with Crippen LogP contribution in [0.1, 0.15) is 48.9 Å². The maximum Gasteiger partial charge on any atom is 0.262 e. The van der Waals surface area contributed by atoms with Crippen molar-refractivity contribution in [3.63, 3.8) is 0 Å². The van der Waals surface area contributed by atoms with Crippen LogP contribution in [-0.4, -0.2) is 20.9 Å². The molecule has 1 heterocycles. The lowest BCUT2D eigenvalue weighted by Gasteiger charge is -2.30. The lowest BCUT2D eigenvalue weighted by molar-refractivity contribution is -0.118. The minimum absolute atomic E-state index is 0.136. The fourth-order valence-corrected chi connectivity index (χ4v) is 5.05. The van der Waals surface area contributed by atoms with Crippen molar-refractivity contribution >= 4 is 27.3 Å².